The summed E-state index contributed by atoms with van der Waals surface area (Å²) in [5.74, 6) is 1.00. The topological polar surface area (TPSA) is 49.4 Å². The maximum atomic E-state index is 12.4. The molecule has 0 unspecified atom stereocenters. The van der Waals surface area contributed by atoms with Crippen molar-refractivity contribution in [3.05, 3.63) is 21.9 Å². The standard InChI is InChI=1S/C16H22N2O2S/c1-11(19)13-8-15(21-10-13)16(20)18-6-4-14(5-7-18)17-9-12-2-3-12/h8,10,12,14,17H,2-7,9H2,1H3. The average molecular weight is 306 g/mol. The summed E-state index contributed by atoms with van der Waals surface area (Å²) in [6.07, 6.45) is 4.81. The lowest BCUT2D eigenvalue weighted by atomic mass is 10.0. The molecule has 2 heterocycles. The van der Waals surface area contributed by atoms with Gasteiger partial charge < -0.3 is 10.2 Å². The van der Waals surface area contributed by atoms with Gasteiger partial charge in [-0.1, -0.05) is 0 Å². The number of nitrogens with one attached hydrogen (secondary N) is 1. The van der Waals surface area contributed by atoms with E-state index in [1.807, 2.05) is 4.90 Å². The third kappa shape index (κ3) is 3.71. The van der Waals surface area contributed by atoms with Gasteiger partial charge in [0.2, 0.25) is 0 Å². The summed E-state index contributed by atoms with van der Waals surface area (Å²) in [5, 5.41) is 5.40. The molecular formula is C16H22N2O2S. The Morgan fingerprint density at radius 1 is 1.29 bits per heavy atom. The van der Waals surface area contributed by atoms with Crippen molar-refractivity contribution in [2.45, 2.75) is 38.6 Å². The summed E-state index contributed by atoms with van der Waals surface area (Å²) in [4.78, 5) is 26.3. The molecule has 0 radical (unpaired) electrons. The van der Waals surface area contributed by atoms with E-state index in [2.05, 4.69) is 5.32 Å². The van der Waals surface area contributed by atoms with Crippen LogP contribution in [0.15, 0.2) is 11.4 Å². The molecule has 114 valence electrons. The highest BCUT2D eigenvalue weighted by Gasteiger charge is 2.27. The van der Waals surface area contributed by atoms with Crippen LogP contribution in [0.3, 0.4) is 0 Å². The Hall–Kier alpha value is -1.20. The molecule has 5 heteroatoms. The normalized spacial score (nSPS) is 19.8. The number of hydrogen-bond donors (Lipinski definition) is 1. The van der Waals surface area contributed by atoms with Crippen LogP contribution in [0.2, 0.25) is 0 Å². The lowest BCUT2D eigenvalue weighted by molar-refractivity contribution is 0.0710. The second-order valence-corrected chi connectivity index (χ2v) is 7.09. The molecule has 1 aliphatic heterocycles. The Bertz CT molecular complexity index is 528. The summed E-state index contributed by atoms with van der Waals surface area (Å²) < 4.78 is 0. The zero-order chi connectivity index (χ0) is 14.8. The molecule has 1 aliphatic carbocycles. The molecule has 2 fully saturated rings. The van der Waals surface area contributed by atoms with E-state index in [0.717, 1.165) is 38.4 Å². The monoisotopic (exact) mass is 306 g/mol. The second-order valence-electron chi connectivity index (χ2n) is 6.17. The number of amides is 1. The lowest BCUT2D eigenvalue weighted by Crippen LogP contribution is -2.45. The van der Waals surface area contributed by atoms with Gasteiger partial charge in [0, 0.05) is 30.1 Å². The third-order valence-electron chi connectivity index (χ3n) is 4.39. The quantitative estimate of drug-likeness (QED) is 0.851. The van der Waals surface area contributed by atoms with Crippen LogP contribution in [-0.2, 0) is 0 Å². The molecule has 4 nitrogen and oxygen atoms in total. The molecule has 1 aromatic rings. The Balaban J connectivity index is 1.50. The van der Waals surface area contributed by atoms with Gasteiger partial charge in [-0.15, -0.1) is 11.3 Å². The van der Waals surface area contributed by atoms with Crippen LogP contribution in [0.5, 0.6) is 0 Å². The van der Waals surface area contributed by atoms with Crippen LogP contribution in [0.4, 0.5) is 0 Å². The highest BCUT2D eigenvalue weighted by Crippen LogP contribution is 2.28. The minimum Gasteiger partial charge on any atom is -0.338 e. The van der Waals surface area contributed by atoms with Gasteiger partial charge in [0.05, 0.1) is 4.88 Å². The molecule has 1 N–H and O–H groups in total. The number of likely N-dealkylation sites (tertiary alicyclic amines) is 1. The SMILES string of the molecule is CC(=O)c1csc(C(=O)N2CCC(NCC3CC3)CC2)c1. The van der Waals surface area contributed by atoms with Crippen molar-refractivity contribution in [1.29, 1.82) is 0 Å². The molecule has 21 heavy (non-hydrogen) atoms. The molecule has 2 aliphatic rings. The summed E-state index contributed by atoms with van der Waals surface area (Å²) in [6, 6.07) is 2.29. The first-order valence-corrected chi connectivity index (χ1v) is 8.63. The molecule has 1 saturated carbocycles. The Kier molecular flexibility index (Phi) is 4.40. The van der Waals surface area contributed by atoms with E-state index in [9.17, 15) is 9.59 Å². The maximum absolute atomic E-state index is 12.4. The molecule has 0 aromatic carbocycles. The van der Waals surface area contributed by atoms with Crippen molar-refractivity contribution in [1.82, 2.24) is 10.2 Å². The number of carbonyl (C=O) groups excluding carboxylic acids is 2. The first-order chi connectivity index (χ1) is 10.1. The molecule has 1 amide bonds. The van der Waals surface area contributed by atoms with Crippen molar-refractivity contribution in [2.24, 2.45) is 5.92 Å². The number of piperidine rings is 1. The Labute approximate surface area is 129 Å². The highest BCUT2D eigenvalue weighted by atomic mass is 32.1. The van der Waals surface area contributed by atoms with Gasteiger partial charge in [0.15, 0.2) is 5.78 Å². The minimum atomic E-state index is 0.0216. The van der Waals surface area contributed by atoms with Gasteiger partial charge in [-0.2, -0.15) is 0 Å². The number of ketones is 1. The highest BCUT2D eigenvalue weighted by molar-refractivity contribution is 7.12. The van der Waals surface area contributed by atoms with Crippen LogP contribution in [0.1, 0.15) is 52.6 Å². The largest absolute Gasteiger partial charge is 0.338 e. The average Bonchev–Trinajstić information content (AvgIpc) is 3.18. The molecule has 0 atom stereocenters. The van der Waals surface area contributed by atoms with E-state index >= 15 is 0 Å². The van der Waals surface area contributed by atoms with Gasteiger partial charge in [0.1, 0.15) is 0 Å². The van der Waals surface area contributed by atoms with Gasteiger partial charge in [-0.3, -0.25) is 9.59 Å². The Morgan fingerprint density at radius 3 is 2.57 bits per heavy atom. The molecule has 3 rings (SSSR count). The van der Waals surface area contributed by atoms with E-state index in [0.29, 0.717) is 16.5 Å². The summed E-state index contributed by atoms with van der Waals surface area (Å²) in [6.45, 7) is 4.31. The van der Waals surface area contributed by atoms with Crippen LogP contribution >= 0.6 is 11.3 Å². The van der Waals surface area contributed by atoms with Crippen molar-refractivity contribution >= 4 is 23.0 Å². The van der Waals surface area contributed by atoms with Gasteiger partial charge in [-0.25, -0.2) is 0 Å². The smallest absolute Gasteiger partial charge is 0.263 e. The summed E-state index contributed by atoms with van der Waals surface area (Å²) in [7, 11) is 0. The predicted octanol–water partition coefficient (Wildman–Crippen LogP) is 2.55. The van der Waals surface area contributed by atoms with Crippen LogP contribution in [-0.4, -0.2) is 42.3 Å². The maximum Gasteiger partial charge on any atom is 0.263 e. The Morgan fingerprint density at radius 2 is 2.00 bits per heavy atom. The molecule has 0 bridgehead atoms. The fraction of sp³-hybridized carbons (Fsp3) is 0.625. The van der Waals surface area contributed by atoms with E-state index in [1.165, 1.54) is 31.1 Å². The number of thiophene rings is 1. The zero-order valence-electron chi connectivity index (χ0n) is 12.4. The van der Waals surface area contributed by atoms with Crippen molar-refractivity contribution in [3.8, 4) is 0 Å². The van der Waals surface area contributed by atoms with E-state index in [-0.39, 0.29) is 11.7 Å². The van der Waals surface area contributed by atoms with E-state index in [4.69, 9.17) is 0 Å². The van der Waals surface area contributed by atoms with Gasteiger partial charge in [-0.05, 0) is 51.1 Å². The first kappa shape index (κ1) is 14.7. The molecular weight excluding hydrogens is 284 g/mol. The van der Waals surface area contributed by atoms with Crippen LogP contribution in [0.25, 0.3) is 0 Å². The molecule has 0 spiro atoms. The number of rotatable bonds is 5. The zero-order valence-corrected chi connectivity index (χ0v) is 13.2. The third-order valence-corrected chi connectivity index (χ3v) is 5.31. The fourth-order valence-electron chi connectivity index (χ4n) is 2.73. The fourth-order valence-corrected chi connectivity index (χ4v) is 3.64. The van der Waals surface area contributed by atoms with E-state index in [1.54, 1.807) is 11.4 Å². The van der Waals surface area contributed by atoms with Crippen LogP contribution < -0.4 is 5.32 Å². The second kappa shape index (κ2) is 6.28. The van der Waals surface area contributed by atoms with E-state index < -0.39 is 0 Å². The van der Waals surface area contributed by atoms with Gasteiger partial charge in [0.25, 0.3) is 5.91 Å². The summed E-state index contributed by atoms with van der Waals surface area (Å²) in [5.41, 5.74) is 0.643. The number of nitrogens with zero attached hydrogens (tertiary/aromatic N) is 1. The number of hydrogen-bond acceptors (Lipinski definition) is 4. The number of Topliss-reactive ketones (excluding diaryl/α,β-unsaturated/α-hetero) is 1. The summed E-state index contributed by atoms with van der Waals surface area (Å²) >= 11 is 1.38. The van der Waals surface area contributed by atoms with Crippen molar-refractivity contribution in [2.75, 3.05) is 19.6 Å². The first-order valence-electron chi connectivity index (χ1n) is 7.75. The molecule has 1 aromatic heterocycles. The predicted molar refractivity (Wildman–Crippen MR) is 84.0 cm³/mol. The lowest BCUT2D eigenvalue weighted by Gasteiger charge is -2.32. The van der Waals surface area contributed by atoms with Gasteiger partial charge >= 0.3 is 0 Å². The van der Waals surface area contributed by atoms with Crippen LogP contribution in [0, 0.1) is 5.92 Å². The minimum absolute atomic E-state index is 0.0216. The van der Waals surface area contributed by atoms with Crippen molar-refractivity contribution < 1.29 is 9.59 Å². The number of carbonyl (C=O) groups is 2. The molecule has 1 saturated heterocycles. The van der Waals surface area contributed by atoms with Crippen molar-refractivity contribution in [3.63, 3.8) is 0 Å².